The Morgan fingerprint density at radius 2 is 1.87 bits per heavy atom. The van der Waals surface area contributed by atoms with Gasteiger partial charge >= 0.3 is 0 Å². The molecule has 1 heterocycles. The predicted molar refractivity (Wildman–Crippen MR) is 70.7 cm³/mol. The summed E-state index contributed by atoms with van der Waals surface area (Å²) in [6.07, 6.45) is 0. The smallest absolute Gasteiger partial charge is 0.00966 e. The maximum Gasteiger partial charge on any atom is 0.00966 e. The second-order valence-corrected chi connectivity index (χ2v) is 6.87. The molecule has 1 fully saturated rings. The van der Waals surface area contributed by atoms with E-state index in [1.165, 1.54) is 31.1 Å². The standard InChI is InChI=1S/C12H26N2S/c1-11(9-13-12(2,3)4)10-14-5-7-15-8-6-14/h11,13H,5-10H2,1-4H3. The van der Waals surface area contributed by atoms with E-state index < -0.39 is 0 Å². The molecule has 0 aromatic heterocycles. The van der Waals surface area contributed by atoms with Crippen LogP contribution in [0.4, 0.5) is 0 Å². The van der Waals surface area contributed by atoms with Crippen LogP contribution in [0, 0.1) is 5.92 Å². The molecule has 0 amide bonds. The first kappa shape index (κ1) is 13.3. The van der Waals surface area contributed by atoms with Crippen molar-refractivity contribution in [2.45, 2.75) is 33.2 Å². The van der Waals surface area contributed by atoms with E-state index in [1.807, 2.05) is 0 Å². The zero-order valence-corrected chi connectivity index (χ0v) is 11.5. The maximum absolute atomic E-state index is 3.58. The third kappa shape index (κ3) is 6.44. The van der Waals surface area contributed by atoms with Crippen molar-refractivity contribution in [3.8, 4) is 0 Å². The fourth-order valence-electron chi connectivity index (χ4n) is 1.77. The number of hydrogen-bond acceptors (Lipinski definition) is 3. The van der Waals surface area contributed by atoms with Gasteiger partial charge in [-0.1, -0.05) is 6.92 Å². The van der Waals surface area contributed by atoms with Gasteiger partial charge in [-0.2, -0.15) is 11.8 Å². The van der Waals surface area contributed by atoms with Gasteiger partial charge in [-0.3, -0.25) is 0 Å². The summed E-state index contributed by atoms with van der Waals surface area (Å²) in [7, 11) is 0. The molecule has 1 unspecified atom stereocenters. The highest BCUT2D eigenvalue weighted by Crippen LogP contribution is 2.11. The Balaban J connectivity index is 2.14. The maximum atomic E-state index is 3.58. The van der Waals surface area contributed by atoms with Crippen LogP contribution < -0.4 is 5.32 Å². The molecule has 0 saturated carbocycles. The highest BCUT2D eigenvalue weighted by atomic mass is 32.2. The Morgan fingerprint density at radius 3 is 2.40 bits per heavy atom. The number of hydrogen-bond donors (Lipinski definition) is 1. The van der Waals surface area contributed by atoms with Crippen LogP contribution in [0.1, 0.15) is 27.7 Å². The second kappa shape index (κ2) is 6.12. The van der Waals surface area contributed by atoms with Crippen molar-refractivity contribution in [3.63, 3.8) is 0 Å². The fraction of sp³-hybridized carbons (Fsp3) is 1.00. The molecule has 2 nitrogen and oxygen atoms in total. The summed E-state index contributed by atoms with van der Waals surface area (Å²) in [6, 6.07) is 0. The Labute approximate surface area is 99.2 Å². The molecule has 1 aliphatic heterocycles. The summed E-state index contributed by atoms with van der Waals surface area (Å²) in [5, 5.41) is 3.58. The van der Waals surface area contributed by atoms with Crippen LogP contribution in [0.25, 0.3) is 0 Å². The highest BCUT2D eigenvalue weighted by molar-refractivity contribution is 7.99. The van der Waals surface area contributed by atoms with E-state index in [4.69, 9.17) is 0 Å². The lowest BCUT2D eigenvalue weighted by Crippen LogP contribution is -2.43. The fourth-order valence-corrected chi connectivity index (χ4v) is 2.75. The second-order valence-electron chi connectivity index (χ2n) is 5.65. The number of nitrogens with one attached hydrogen (secondary N) is 1. The van der Waals surface area contributed by atoms with Gasteiger partial charge in [-0.25, -0.2) is 0 Å². The minimum Gasteiger partial charge on any atom is -0.312 e. The van der Waals surface area contributed by atoms with Crippen LogP contribution in [-0.2, 0) is 0 Å². The van der Waals surface area contributed by atoms with Gasteiger partial charge < -0.3 is 10.2 Å². The van der Waals surface area contributed by atoms with Crippen molar-refractivity contribution < 1.29 is 0 Å². The van der Waals surface area contributed by atoms with Gasteiger partial charge in [0.15, 0.2) is 0 Å². The molecule has 0 radical (unpaired) electrons. The number of rotatable bonds is 4. The van der Waals surface area contributed by atoms with Crippen molar-refractivity contribution >= 4 is 11.8 Å². The molecule has 90 valence electrons. The molecule has 0 bridgehead atoms. The quantitative estimate of drug-likeness (QED) is 0.796. The zero-order chi connectivity index (χ0) is 11.3. The van der Waals surface area contributed by atoms with E-state index in [0.29, 0.717) is 0 Å². The van der Waals surface area contributed by atoms with Crippen molar-refractivity contribution in [2.75, 3.05) is 37.7 Å². The largest absolute Gasteiger partial charge is 0.312 e. The van der Waals surface area contributed by atoms with Gasteiger partial charge in [0, 0.05) is 36.7 Å². The van der Waals surface area contributed by atoms with Crippen molar-refractivity contribution in [2.24, 2.45) is 5.92 Å². The van der Waals surface area contributed by atoms with Crippen LogP contribution in [0.5, 0.6) is 0 Å². The van der Waals surface area contributed by atoms with Crippen LogP contribution in [0.15, 0.2) is 0 Å². The summed E-state index contributed by atoms with van der Waals surface area (Å²) < 4.78 is 0. The van der Waals surface area contributed by atoms with Crippen molar-refractivity contribution in [3.05, 3.63) is 0 Å². The first-order valence-electron chi connectivity index (χ1n) is 6.02. The predicted octanol–water partition coefficient (Wildman–Crippen LogP) is 2.06. The molecule has 1 N–H and O–H groups in total. The van der Waals surface area contributed by atoms with Crippen LogP contribution in [0.3, 0.4) is 0 Å². The van der Waals surface area contributed by atoms with Gasteiger partial charge in [0.25, 0.3) is 0 Å². The molecule has 0 aliphatic carbocycles. The summed E-state index contributed by atoms with van der Waals surface area (Å²) in [6.45, 7) is 14.0. The SMILES string of the molecule is CC(CNC(C)(C)C)CN1CCSCC1. The number of nitrogens with zero attached hydrogens (tertiary/aromatic N) is 1. The van der Waals surface area contributed by atoms with E-state index in [9.17, 15) is 0 Å². The molecule has 15 heavy (non-hydrogen) atoms. The molecule has 0 aromatic rings. The van der Waals surface area contributed by atoms with E-state index in [2.05, 4.69) is 49.7 Å². The monoisotopic (exact) mass is 230 g/mol. The average Bonchev–Trinajstić information content (AvgIpc) is 2.15. The first-order valence-corrected chi connectivity index (χ1v) is 7.18. The molecule has 3 heteroatoms. The van der Waals surface area contributed by atoms with Crippen LogP contribution in [0.2, 0.25) is 0 Å². The van der Waals surface area contributed by atoms with E-state index >= 15 is 0 Å². The number of thioether (sulfide) groups is 1. The minimum atomic E-state index is 0.256. The lowest BCUT2D eigenvalue weighted by Gasteiger charge is -2.30. The third-order valence-corrected chi connectivity index (χ3v) is 3.60. The Morgan fingerprint density at radius 1 is 1.27 bits per heavy atom. The van der Waals surface area contributed by atoms with Crippen molar-refractivity contribution in [1.29, 1.82) is 0 Å². The summed E-state index contributed by atoms with van der Waals surface area (Å²) >= 11 is 2.09. The summed E-state index contributed by atoms with van der Waals surface area (Å²) in [5.74, 6) is 3.39. The summed E-state index contributed by atoms with van der Waals surface area (Å²) in [5.41, 5.74) is 0.256. The van der Waals surface area contributed by atoms with Crippen LogP contribution in [-0.4, -0.2) is 48.1 Å². The van der Waals surface area contributed by atoms with E-state index in [0.717, 1.165) is 12.5 Å². The minimum absolute atomic E-state index is 0.256. The topological polar surface area (TPSA) is 15.3 Å². The van der Waals surface area contributed by atoms with Gasteiger partial charge in [0.2, 0.25) is 0 Å². The van der Waals surface area contributed by atoms with E-state index in [1.54, 1.807) is 0 Å². The highest BCUT2D eigenvalue weighted by Gasteiger charge is 2.15. The molecular weight excluding hydrogens is 204 g/mol. The zero-order valence-electron chi connectivity index (χ0n) is 10.7. The summed E-state index contributed by atoms with van der Waals surface area (Å²) in [4.78, 5) is 2.60. The van der Waals surface area contributed by atoms with E-state index in [-0.39, 0.29) is 5.54 Å². The molecule has 1 rings (SSSR count). The van der Waals surface area contributed by atoms with Gasteiger partial charge in [-0.05, 0) is 33.2 Å². The average molecular weight is 230 g/mol. The third-order valence-electron chi connectivity index (χ3n) is 2.65. The molecule has 1 aliphatic rings. The van der Waals surface area contributed by atoms with Gasteiger partial charge in [-0.15, -0.1) is 0 Å². The Bertz CT molecular complexity index is 171. The first-order chi connectivity index (χ1) is 6.97. The van der Waals surface area contributed by atoms with Crippen LogP contribution >= 0.6 is 11.8 Å². The van der Waals surface area contributed by atoms with Gasteiger partial charge in [0.1, 0.15) is 0 Å². The lowest BCUT2D eigenvalue weighted by atomic mass is 10.1. The lowest BCUT2D eigenvalue weighted by molar-refractivity contribution is 0.246. The molecule has 0 spiro atoms. The van der Waals surface area contributed by atoms with Gasteiger partial charge in [0.05, 0.1) is 0 Å². The molecule has 1 saturated heterocycles. The normalized spacial score (nSPS) is 21.6. The molecular formula is C12H26N2S. The molecule has 0 aromatic carbocycles. The Hall–Kier alpha value is 0.270. The molecule has 1 atom stereocenters. The Kier molecular flexibility index (Phi) is 5.44. The van der Waals surface area contributed by atoms with Crippen molar-refractivity contribution in [1.82, 2.24) is 10.2 Å².